The highest BCUT2D eigenvalue weighted by Crippen LogP contribution is 2.44. The monoisotopic (exact) mass is 794 g/mol. The molecule has 3 aromatic heterocycles. The topological polar surface area (TPSA) is 47.7 Å². The van der Waals surface area contributed by atoms with E-state index in [2.05, 4.69) is 204 Å². The molecule has 0 aliphatic carbocycles. The van der Waals surface area contributed by atoms with Crippen LogP contribution in [0.5, 0.6) is 0 Å². The van der Waals surface area contributed by atoms with Gasteiger partial charge in [-0.1, -0.05) is 153 Å². The van der Waals surface area contributed by atoms with E-state index in [1.807, 2.05) is 6.07 Å². The predicted octanol–water partition coefficient (Wildman–Crippen LogP) is 14.9. The molecule has 0 bridgehead atoms. The van der Waals surface area contributed by atoms with Gasteiger partial charge in [-0.05, 0) is 76.5 Å². The molecule has 5 nitrogen and oxygen atoms in total. The number of benzene rings is 9. The minimum absolute atomic E-state index is 0.0335. The number of hydrogen-bond acceptors (Lipinski definition) is 3. The Morgan fingerprint density at radius 2 is 1.03 bits per heavy atom. The maximum absolute atomic E-state index is 6.66. The zero-order chi connectivity index (χ0) is 40.9. The van der Waals surface area contributed by atoms with Crippen molar-refractivity contribution in [1.29, 1.82) is 0 Å². The molecule has 1 atom stereocenters. The lowest BCUT2D eigenvalue weighted by molar-refractivity contribution is 0.669. The number of amidine groups is 1. The van der Waals surface area contributed by atoms with Crippen LogP contribution in [-0.4, -0.2) is 20.8 Å². The summed E-state index contributed by atoms with van der Waals surface area (Å²) in [5.74, 6) is 1.68. The molecule has 12 aromatic rings. The van der Waals surface area contributed by atoms with Crippen molar-refractivity contribution in [3.63, 3.8) is 0 Å². The molecular formula is C57H38N4O. The maximum Gasteiger partial charge on any atom is 0.162 e. The highest BCUT2D eigenvalue weighted by atomic mass is 16.3. The number of allylic oxidation sites excluding steroid dienone is 1. The van der Waals surface area contributed by atoms with E-state index < -0.39 is 0 Å². The first-order valence-corrected chi connectivity index (χ1v) is 21.4. The smallest absolute Gasteiger partial charge is 0.162 e. The van der Waals surface area contributed by atoms with Gasteiger partial charge in [-0.3, -0.25) is 4.57 Å². The summed E-state index contributed by atoms with van der Waals surface area (Å²) in [4.78, 5) is 11.5. The lowest BCUT2D eigenvalue weighted by Crippen LogP contribution is -2.23. The molecular weight excluding hydrogens is 757 g/mol. The number of hydrogen-bond donors (Lipinski definition) is 0. The Bertz CT molecular complexity index is 3870. The molecule has 0 saturated heterocycles. The molecule has 1 unspecified atom stereocenters. The van der Waals surface area contributed by atoms with Crippen LogP contribution in [0.1, 0.15) is 24.5 Å². The number of para-hydroxylation sites is 4. The quantitative estimate of drug-likeness (QED) is 0.176. The fraction of sp³-hybridized carbons (Fsp3) is 0.0526. The Kier molecular flexibility index (Phi) is 7.58. The van der Waals surface area contributed by atoms with Crippen LogP contribution >= 0.6 is 0 Å². The van der Waals surface area contributed by atoms with Gasteiger partial charge in [0.1, 0.15) is 17.0 Å². The van der Waals surface area contributed by atoms with Gasteiger partial charge in [0.15, 0.2) is 5.84 Å². The van der Waals surface area contributed by atoms with Crippen molar-refractivity contribution in [2.24, 2.45) is 15.9 Å². The Morgan fingerprint density at radius 1 is 0.452 bits per heavy atom. The van der Waals surface area contributed by atoms with Gasteiger partial charge in [0.25, 0.3) is 0 Å². The zero-order valence-electron chi connectivity index (χ0n) is 34.0. The van der Waals surface area contributed by atoms with Crippen LogP contribution in [0.15, 0.2) is 209 Å². The van der Waals surface area contributed by atoms with Gasteiger partial charge >= 0.3 is 0 Å². The maximum atomic E-state index is 6.66. The summed E-state index contributed by atoms with van der Waals surface area (Å²) < 4.78 is 11.5. The molecule has 0 amide bonds. The molecule has 0 fully saturated rings. The van der Waals surface area contributed by atoms with E-state index in [0.717, 1.165) is 89.5 Å². The van der Waals surface area contributed by atoms with Crippen LogP contribution in [0.25, 0.3) is 98.5 Å². The van der Waals surface area contributed by atoms with Crippen molar-refractivity contribution in [3.05, 3.63) is 205 Å². The van der Waals surface area contributed by atoms with E-state index in [1.165, 1.54) is 32.3 Å². The second kappa shape index (κ2) is 13.5. The summed E-state index contributed by atoms with van der Waals surface area (Å²) in [6, 6.07) is 67.2. The minimum Gasteiger partial charge on any atom is -0.456 e. The highest BCUT2D eigenvalue weighted by Gasteiger charge is 2.27. The van der Waals surface area contributed by atoms with Gasteiger partial charge in [0, 0.05) is 44.0 Å². The average Bonchev–Trinajstić information content (AvgIpc) is 3.97. The molecule has 0 N–H and O–H groups in total. The number of aromatic nitrogens is 2. The van der Waals surface area contributed by atoms with Gasteiger partial charge in [-0.15, -0.1) is 0 Å². The number of rotatable bonds is 3. The van der Waals surface area contributed by atoms with Gasteiger partial charge < -0.3 is 8.98 Å². The van der Waals surface area contributed by atoms with Crippen molar-refractivity contribution >= 4 is 104 Å². The molecule has 0 saturated carbocycles. The zero-order valence-corrected chi connectivity index (χ0v) is 34.0. The van der Waals surface area contributed by atoms with Crippen LogP contribution in [-0.2, 0) is 0 Å². The Labute approximate surface area is 356 Å². The van der Waals surface area contributed by atoms with E-state index in [0.29, 0.717) is 5.84 Å². The SMILES string of the molecule is CC1C/C=C(c2ccc3oc4ccccc4c3c2-n2c3ccccc3c3cc4ccccc4cc32)/N=C(c2cccc3ccccc23)\N=C/1n1c2ccccc2c2ccccc21. The van der Waals surface area contributed by atoms with Crippen molar-refractivity contribution in [2.45, 2.75) is 13.3 Å². The first-order chi connectivity index (χ1) is 30.7. The highest BCUT2D eigenvalue weighted by molar-refractivity contribution is 6.22. The lowest BCUT2D eigenvalue weighted by atomic mass is 9.98. The summed E-state index contributed by atoms with van der Waals surface area (Å²) in [6.45, 7) is 2.30. The first kappa shape index (κ1) is 34.8. The molecule has 5 heteroatoms. The average molecular weight is 795 g/mol. The third-order valence-corrected chi connectivity index (χ3v) is 12.9. The van der Waals surface area contributed by atoms with Crippen molar-refractivity contribution in [1.82, 2.24) is 9.13 Å². The Hall–Kier alpha value is -8.02. The van der Waals surface area contributed by atoms with Crippen LogP contribution in [0.3, 0.4) is 0 Å². The van der Waals surface area contributed by atoms with Crippen LogP contribution in [0.4, 0.5) is 0 Å². The molecule has 4 heterocycles. The number of fused-ring (bicyclic) bond motifs is 11. The van der Waals surface area contributed by atoms with Gasteiger partial charge in [0.2, 0.25) is 0 Å². The second-order valence-corrected chi connectivity index (χ2v) is 16.5. The predicted molar refractivity (Wildman–Crippen MR) is 260 cm³/mol. The molecule has 1 aliphatic rings. The summed E-state index contributed by atoms with van der Waals surface area (Å²) in [7, 11) is 0. The van der Waals surface area contributed by atoms with Crippen molar-refractivity contribution in [2.75, 3.05) is 0 Å². The molecule has 292 valence electrons. The number of furan rings is 1. The van der Waals surface area contributed by atoms with Gasteiger partial charge in [0.05, 0.1) is 38.8 Å². The molecule has 13 rings (SSSR count). The fourth-order valence-electron chi connectivity index (χ4n) is 10.1. The van der Waals surface area contributed by atoms with Crippen molar-refractivity contribution < 1.29 is 4.42 Å². The molecule has 62 heavy (non-hydrogen) atoms. The number of nitrogens with zero attached hydrogens (tertiary/aromatic N) is 4. The van der Waals surface area contributed by atoms with Crippen molar-refractivity contribution in [3.8, 4) is 5.69 Å². The van der Waals surface area contributed by atoms with E-state index in [9.17, 15) is 0 Å². The van der Waals surface area contributed by atoms with E-state index in [4.69, 9.17) is 14.4 Å². The van der Waals surface area contributed by atoms with E-state index in [1.54, 1.807) is 0 Å². The third kappa shape index (κ3) is 5.15. The number of aliphatic imine (C=N–C) groups is 2. The van der Waals surface area contributed by atoms with Gasteiger partial charge in [-0.2, -0.15) is 0 Å². The van der Waals surface area contributed by atoms with Crippen LogP contribution in [0.2, 0.25) is 0 Å². The molecule has 0 spiro atoms. The molecule has 9 aromatic carbocycles. The fourth-order valence-corrected chi connectivity index (χ4v) is 10.1. The normalized spacial score (nSPS) is 17.4. The Morgan fingerprint density at radius 3 is 1.77 bits per heavy atom. The van der Waals surface area contributed by atoms with Crippen LogP contribution < -0.4 is 0 Å². The van der Waals surface area contributed by atoms with Crippen LogP contribution in [0, 0.1) is 5.92 Å². The first-order valence-electron chi connectivity index (χ1n) is 21.4. The molecule has 1 aliphatic heterocycles. The largest absolute Gasteiger partial charge is 0.456 e. The third-order valence-electron chi connectivity index (χ3n) is 12.9. The summed E-state index contributed by atoms with van der Waals surface area (Å²) >= 11 is 0. The molecule has 0 radical (unpaired) electrons. The standard InChI is InChI=1S/C57H38N4O/c1-35-29-31-47(58-56(43-24-14-18-36-15-4-5-19-39(36)43)59-57(35)61-49-26-11-6-20-40(49)41-21-7-12-27-50(41)61)44-30-32-53-54(45-23-9-13-28-52(45)62-53)55(44)60-48-25-10-8-22-42(48)46-33-37-16-2-3-17-38(37)34-51(46)60/h2-28,30-35H,29H2,1H3/b47-31+,58-56-,59-57+. The minimum atomic E-state index is 0.0335. The van der Waals surface area contributed by atoms with E-state index >= 15 is 0 Å². The summed E-state index contributed by atoms with van der Waals surface area (Å²) in [5.41, 5.74) is 10.1. The van der Waals surface area contributed by atoms with Gasteiger partial charge in [-0.25, -0.2) is 9.98 Å². The lowest BCUT2D eigenvalue weighted by Gasteiger charge is -2.22. The summed E-state index contributed by atoms with van der Waals surface area (Å²) in [5, 5.41) is 11.6. The Balaban J connectivity index is 1.15. The second-order valence-electron chi connectivity index (χ2n) is 16.5. The van der Waals surface area contributed by atoms with E-state index in [-0.39, 0.29) is 5.92 Å². The summed E-state index contributed by atoms with van der Waals surface area (Å²) in [6.07, 6.45) is 3.07.